The van der Waals surface area contributed by atoms with E-state index in [0.717, 1.165) is 43.0 Å². The molecule has 0 radical (unpaired) electrons. The average molecular weight is 366 g/mol. The molecule has 1 saturated heterocycles. The normalized spacial score (nSPS) is 15.3. The third kappa shape index (κ3) is 3.89. The number of nitrogens with zero attached hydrogens (tertiary/aromatic N) is 5. The number of fused-ring (bicyclic) bond motifs is 1. The quantitative estimate of drug-likeness (QED) is 0.756. The lowest BCUT2D eigenvalue weighted by molar-refractivity contribution is -0.125. The maximum absolute atomic E-state index is 12.4. The first kappa shape index (κ1) is 17.4. The number of amides is 1. The van der Waals surface area contributed by atoms with Gasteiger partial charge in [-0.25, -0.2) is 4.98 Å². The minimum absolute atomic E-state index is 0.00981. The molecule has 1 amide bonds. The van der Waals surface area contributed by atoms with Gasteiger partial charge >= 0.3 is 0 Å². The van der Waals surface area contributed by atoms with Crippen molar-refractivity contribution in [2.45, 2.75) is 33.2 Å². The van der Waals surface area contributed by atoms with E-state index in [2.05, 4.69) is 30.2 Å². The number of oxazole rings is 1. The Kier molecular flexibility index (Phi) is 4.70. The molecule has 8 heteroatoms. The second kappa shape index (κ2) is 7.30. The van der Waals surface area contributed by atoms with Gasteiger partial charge in [-0.3, -0.25) is 14.8 Å². The highest BCUT2D eigenvalue weighted by atomic mass is 16.4. The Labute approximate surface area is 157 Å². The van der Waals surface area contributed by atoms with Gasteiger partial charge in [0.1, 0.15) is 0 Å². The monoisotopic (exact) mass is 366 g/mol. The summed E-state index contributed by atoms with van der Waals surface area (Å²) in [6, 6.07) is 4.38. The zero-order valence-corrected chi connectivity index (χ0v) is 15.5. The zero-order chi connectivity index (χ0) is 18.8. The van der Waals surface area contributed by atoms with Crippen LogP contribution in [-0.4, -0.2) is 38.9 Å². The smallest absolute Gasteiger partial charge is 0.299 e. The van der Waals surface area contributed by atoms with Crippen molar-refractivity contribution in [3.8, 4) is 0 Å². The number of aryl methyl sites for hydroxylation is 2. The van der Waals surface area contributed by atoms with Crippen molar-refractivity contribution >= 4 is 23.2 Å². The van der Waals surface area contributed by atoms with Gasteiger partial charge in [0.05, 0.1) is 24.1 Å². The Morgan fingerprint density at radius 2 is 1.96 bits per heavy atom. The topological polar surface area (TPSA) is 97.0 Å². The van der Waals surface area contributed by atoms with E-state index in [-0.39, 0.29) is 11.8 Å². The molecule has 0 saturated carbocycles. The first-order valence-electron chi connectivity index (χ1n) is 9.13. The van der Waals surface area contributed by atoms with Crippen LogP contribution in [0.15, 0.2) is 28.9 Å². The fourth-order valence-electron chi connectivity index (χ4n) is 3.20. The summed E-state index contributed by atoms with van der Waals surface area (Å²) in [5, 5.41) is 2.96. The van der Waals surface area contributed by atoms with E-state index in [0.29, 0.717) is 23.8 Å². The Bertz CT molecular complexity index is 944. The number of rotatable bonds is 4. The van der Waals surface area contributed by atoms with Gasteiger partial charge in [-0.1, -0.05) is 0 Å². The molecular weight excluding hydrogens is 344 g/mol. The summed E-state index contributed by atoms with van der Waals surface area (Å²) in [7, 11) is 0. The van der Waals surface area contributed by atoms with E-state index in [4.69, 9.17) is 4.42 Å². The summed E-state index contributed by atoms with van der Waals surface area (Å²) < 4.78 is 5.81. The number of pyridine rings is 1. The van der Waals surface area contributed by atoms with Crippen molar-refractivity contribution in [3.05, 3.63) is 41.6 Å². The van der Waals surface area contributed by atoms with Crippen molar-refractivity contribution in [2.24, 2.45) is 5.92 Å². The third-order valence-corrected chi connectivity index (χ3v) is 4.80. The van der Waals surface area contributed by atoms with Crippen LogP contribution in [0.5, 0.6) is 0 Å². The molecule has 0 aliphatic carbocycles. The van der Waals surface area contributed by atoms with Crippen LogP contribution < -0.4 is 10.2 Å². The first-order chi connectivity index (χ1) is 13.1. The standard InChI is InChI=1S/C19H22N6O2/c1-12-3-4-16-17(23-12)24-19(27-16)25-7-5-14(6-8-25)18(26)22-11-15-10-20-13(2)9-21-15/h3-4,9-10,14H,5-8,11H2,1-2H3,(H,22,26). The molecule has 27 heavy (non-hydrogen) atoms. The largest absolute Gasteiger partial charge is 0.422 e. The van der Waals surface area contributed by atoms with Gasteiger partial charge in [-0.2, -0.15) is 4.98 Å². The maximum atomic E-state index is 12.4. The van der Waals surface area contributed by atoms with E-state index in [1.165, 1.54) is 0 Å². The van der Waals surface area contributed by atoms with Gasteiger partial charge < -0.3 is 14.6 Å². The predicted octanol–water partition coefficient (Wildman–Crippen LogP) is 2.16. The molecular formula is C19H22N6O2. The molecule has 3 aromatic heterocycles. The summed E-state index contributed by atoms with van der Waals surface area (Å²) in [6.45, 7) is 5.68. The molecule has 0 atom stereocenters. The Morgan fingerprint density at radius 3 is 2.70 bits per heavy atom. The molecule has 1 aliphatic rings. The van der Waals surface area contributed by atoms with Gasteiger partial charge in [-0.05, 0) is 38.8 Å². The van der Waals surface area contributed by atoms with Gasteiger partial charge in [0.2, 0.25) is 11.6 Å². The molecule has 4 heterocycles. The second-order valence-corrected chi connectivity index (χ2v) is 6.90. The second-order valence-electron chi connectivity index (χ2n) is 6.90. The van der Waals surface area contributed by atoms with Crippen LogP contribution in [0.4, 0.5) is 6.01 Å². The number of anilines is 1. The van der Waals surface area contributed by atoms with Crippen LogP contribution in [0, 0.1) is 19.8 Å². The minimum Gasteiger partial charge on any atom is -0.422 e. The number of aromatic nitrogens is 4. The Balaban J connectivity index is 1.32. The number of piperidine rings is 1. The van der Waals surface area contributed by atoms with Crippen LogP contribution >= 0.6 is 0 Å². The van der Waals surface area contributed by atoms with Crippen LogP contribution in [0.2, 0.25) is 0 Å². The first-order valence-corrected chi connectivity index (χ1v) is 9.13. The summed E-state index contributed by atoms with van der Waals surface area (Å²) in [6.07, 6.45) is 4.92. The summed E-state index contributed by atoms with van der Waals surface area (Å²) >= 11 is 0. The van der Waals surface area contributed by atoms with E-state index >= 15 is 0 Å². The number of hydrogen-bond donors (Lipinski definition) is 1. The summed E-state index contributed by atoms with van der Waals surface area (Å²) in [5.41, 5.74) is 3.86. The van der Waals surface area contributed by atoms with Crippen molar-refractivity contribution in [2.75, 3.05) is 18.0 Å². The van der Waals surface area contributed by atoms with Gasteiger partial charge in [0, 0.05) is 30.9 Å². The van der Waals surface area contributed by atoms with E-state index < -0.39 is 0 Å². The van der Waals surface area contributed by atoms with Crippen molar-refractivity contribution in [1.82, 2.24) is 25.3 Å². The molecule has 3 aromatic rings. The average Bonchev–Trinajstić information content (AvgIpc) is 3.10. The number of hydrogen-bond acceptors (Lipinski definition) is 7. The van der Waals surface area contributed by atoms with Crippen molar-refractivity contribution in [3.63, 3.8) is 0 Å². The highest BCUT2D eigenvalue weighted by Gasteiger charge is 2.27. The molecule has 1 aliphatic heterocycles. The van der Waals surface area contributed by atoms with E-state index in [9.17, 15) is 4.79 Å². The van der Waals surface area contributed by atoms with Crippen LogP contribution in [0.3, 0.4) is 0 Å². The highest BCUT2D eigenvalue weighted by molar-refractivity contribution is 5.79. The molecule has 0 aromatic carbocycles. The van der Waals surface area contributed by atoms with E-state index in [1.807, 2.05) is 26.0 Å². The highest BCUT2D eigenvalue weighted by Crippen LogP contribution is 2.26. The molecule has 4 rings (SSSR count). The number of carbonyl (C=O) groups is 1. The lowest BCUT2D eigenvalue weighted by atomic mass is 9.96. The Hall–Kier alpha value is -3.03. The molecule has 1 fully saturated rings. The lowest BCUT2D eigenvalue weighted by Crippen LogP contribution is -2.40. The Morgan fingerprint density at radius 1 is 1.15 bits per heavy atom. The summed E-state index contributed by atoms with van der Waals surface area (Å²) in [5.74, 6) is 0.0521. The van der Waals surface area contributed by atoms with Crippen molar-refractivity contribution in [1.29, 1.82) is 0 Å². The fraction of sp³-hybridized carbons (Fsp3) is 0.421. The van der Waals surface area contributed by atoms with Crippen molar-refractivity contribution < 1.29 is 9.21 Å². The van der Waals surface area contributed by atoms with Gasteiger partial charge in [0.15, 0.2) is 5.58 Å². The molecule has 140 valence electrons. The molecule has 0 bridgehead atoms. The van der Waals surface area contributed by atoms with Gasteiger partial charge in [-0.15, -0.1) is 0 Å². The zero-order valence-electron chi connectivity index (χ0n) is 15.5. The lowest BCUT2D eigenvalue weighted by Gasteiger charge is -2.30. The number of nitrogens with one attached hydrogen (secondary N) is 1. The SMILES string of the molecule is Cc1cnc(CNC(=O)C2CCN(c3nc4nc(C)ccc4o3)CC2)cn1. The van der Waals surface area contributed by atoms with Crippen LogP contribution in [-0.2, 0) is 11.3 Å². The number of carbonyl (C=O) groups excluding carboxylic acids is 1. The molecule has 8 nitrogen and oxygen atoms in total. The molecule has 0 spiro atoms. The van der Waals surface area contributed by atoms with E-state index in [1.54, 1.807) is 12.4 Å². The minimum atomic E-state index is -0.00981. The molecule has 1 N–H and O–H groups in total. The summed E-state index contributed by atoms with van der Waals surface area (Å²) in [4.78, 5) is 31.8. The fourth-order valence-corrected chi connectivity index (χ4v) is 3.20. The van der Waals surface area contributed by atoms with Crippen LogP contribution in [0.25, 0.3) is 11.2 Å². The predicted molar refractivity (Wildman–Crippen MR) is 100 cm³/mol. The molecule has 0 unspecified atom stereocenters. The third-order valence-electron chi connectivity index (χ3n) is 4.80. The van der Waals surface area contributed by atoms with Crippen LogP contribution in [0.1, 0.15) is 29.9 Å². The maximum Gasteiger partial charge on any atom is 0.299 e. The van der Waals surface area contributed by atoms with Gasteiger partial charge in [0.25, 0.3) is 6.01 Å².